The van der Waals surface area contributed by atoms with Crippen LogP contribution in [-0.4, -0.2) is 5.97 Å². The van der Waals surface area contributed by atoms with Gasteiger partial charge in [0.05, 0.1) is 5.56 Å². The zero-order chi connectivity index (χ0) is 27.3. The van der Waals surface area contributed by atoms with Crippen LogP contribution in [0.5, 0.6) is 0 Å². The summed E-state index contributed by atoms with van der Waals surface area (Å²) in [6.45, 7) is 1.27. The normalized spacial score (nSPS) is 11.3. The Morgan fingerprint density at radius 3 is 1.14 bits per heavy atom. The van der Waals surface area contributed by atoms with E-state index in [0.717, 1.165) is 19.3 Å². The van der Waals surface area contributed by atoms with Gasteiger partial charge in [-0.3, -0.25) is 4.79 Å². The molecule has 0 heterocycles. The molecule has 0 aliphatic carbocycles. The van der Waals surface area contributed by atoms with E-state index in [4.69, 9.17) is 4.74 Å². The van der Waals surface area contributed by atoms with Gasteiger partial charge in [-0.1, -0.05) is 129 Å². The predicted molar refractivity (Wildman–Crippen MR) is 139 cm³/mol. The third kappa shape index (κ3) is 14.8. The Labute approximate surface area is 220 Å². The average Bonchev–Trinajstić information content (AvgIpc) is 2.89. The maximum absolute atomic E-state index is 13.6. The number of unbranched alkanes of at least 4 members (excludes halogenated alkanes) is 19. The third-order valence-electron chi connectivity index (χ3n) is 6.91. The lowest BCUT2D eigenvalue weighted by Crippen LogP contribution is -2.11. The highest BCUT2D eigenvalue weighted by molar-refractivity contribution is 5.69. The Morgan fingerprint density at radius 2 is 0.784 bits per heavy atom. The molecule has 0 aromatic heterocycles. The Bertz CT molecular complexity index is 725. The number of carbonyl (C=O) groups excluding carboxylic acids is 1. The number of halogens is 5. The van der Waals surface area contributed by atoms with Crippen molar-refractivity contribution in [2.45, 2.75) is 148 Å². The second-order valence-electron chi connectivity index (χ2n) is 10.2. The number of ether oxygens (including phenoxy) is 1. The smallest absolute Gasteiger partial charge is 0.306 e. The first-order valence-electron chi connectivity index (χ1n) is 14.6. The van der Waals surface area contributed by atoms with Crippen molar-refractivity contribution >= 4 is 5.97 Å². The predicted octanol–water partition coefficient (Wildman–Crippen LogP) is 10.6. The zero-order valence-electron chi connectivity index (χ0n) is 22.8. The molecular weight excluding hydrogens is 487 g/mol. The summed E-state index contributed by atoms with van der Waals surface area (Å²) in [5, 5.41) is 0. The highest BCUT2D eigenvalue weighted by Crippen LogP contribution is 2.24. The molecule has 7 heteroatoms. The molecule has 0 atom stereocenters. The monoisotopic (exact) mass is 534 g/mol. The highest BCUT2D eigenvalue weighted by atomic mass is 19.2. The fraction of sp³-hybridized carbons (Fsp3) is 0.767. The molecule has 0 aliphatic heterocycles. The van der Waals surface area contributed by atoms with Crippen LogP contribution in [-0.2, 0) is 16.1 Å². The van der Waals surface area contributed by atoms with E-state index in [-0.39, 0.29) is 6.42 Å². The number of rotatable bonds is 23. The molecule has 1 rings (SSSR count). The van der Waals surface area contributed by atoms with Crippen LogP contribution in [0.1, 0.15) is 147 Å². The van der Waals surface area contributed by atoms with Crippen molar-refractivity contribution in [2.24, 2.45) is 0 Å². The van der Waals surface area contributed by atoms with Gasteiger partial charge in [0.2, 0.25) is 5.82 Å². The molecule has 0 radical (unpaired) electrons. The molecule has 0 spiro atoms. The summed E-state index contributed by atoms with van der Waals surface area (Å²) in [7, 11) is 0. The SMILES string of the molecule is CCCCCCCCCCCCCCCCCCCCCCC(=O)OCc1c(F)c(F)c(F)c(F)c1F. The average molecular weight is 535 g/mol. The van der Waals surface area contributed by atoms with Gasteiger partial charge in [0.25, 0.3) is 0 Å². The van der Waals surface area contributed by atoms with Gasteiger partial charge in [-0.15, -0.1) is 0 Å². The highest BCUT2D eigenvalue weighted by Gasteiger charge is 2.26. The molecule has 2 nitrogen and oxygen atoms in total. The maximum atomic E-state index is 13.6. The minimum absolute atomic E-state index is 0.0500. The Kier molecular flexibility index (Phi) is 19.2. The van der Waals surface area contributed by atoms with Gasteiger partial charge >= 0.3 is 5.97 Å². The van der Waals surface area contributed by atoms with E-state index in [0.29, 0.717) is 6.42 Å². The summed E-state index contributed by atoms with van der Waals surface area (Å²) < 4.78 is 71.3. The Balaban J connectivity index is 1.90. The fourth-order valence-corrected chi connectivity index (χ4v) is 4.53. The van der Waals surface area contributed by atoms with Crippen molar-refractivity contribution in [3.05, 3.63) is 34.6 Å². The second-order valence-corrected chi connectivity index (χ2v) is 10.2. The molecule has 37 heavy (non-hydrogen) atoms. The van der Waals surface area contributed by atoms with Gasteiger partial charge in [0, 0.05) is 6.42 Å². The van der Waals surface area contributed by atoms with Crippen LogP contribution >= 0.6 is 0 Å². The van der Waals surface area contributed by atoms with Crippen LogP contribution in [0.25, 0.3) is 0 Å². The standard InChI is InChI=1S/C30H47F5O2/c1-2-3-4-5-6-7-8-9-10-11-12-13-14-15-16-17-18-19-20-21-22-25(36)37-23-24-26(31)28(33)30(35)29(34)27(24)32/h2-23H2,1H3. The molecule has 0 unspecified atom stereocenters. The van der Waals surface area contributed by atoms with Crippen molar-refractivity contribution in [1.29, 1.82) is 0 Å². The summed E-state index contributed by atoms with van der Waals surface area (Å²) >= 11 is 0. The van der Waals surface area contributed by atoms with Crippen molar-refractivity contribution in [3.8, 4) is 0 Å². The largest absolute Gasteiger partial charge is 0.461 e. The van der Waals surface area contributed by atoms with Crippen molar-refractivity contribution in [2.75, 3.05) is 0 Å². The first kappa shape index (κ1) is 33.4. The third-order valence-corrected chi connectivity index (χ3v) is 6.91. The second kappa shape index (κ2) is 21.3. The van der Waals surface area contributed by atoms with Gasteiger partial charge in [-0.25, -0.2) is 22.0 Å². The van der Waals surface area contributed by atoms with E-state index in [1.807, 2.05) is 0 Å². The van der Waals surface area contributed by atoms with Crippen LogP contribution < -0.4 is 0 Å². The number of benzene rings is 1. The van der Waals surface area contributed by atoms with Gasteiger partial charge < -0.3 is 4.74 Å². The van der Waals surface area contributed by atoms with Crippen LogP contribution in [0.15, 0.2) is 0 Å². The van der Waals surface area contributed by atoms with E-state index in [1.54, 1.807) is 0 Å². The van der Waals surface area contributed by atoms with E-state index < -0.39 is 47.2 Å². The van der Waals surface area contributed by atoms with Crippen LogP contribution in [0.2, 0.25) is 0 Å². The number of hydrogen-bond acceptors (Lipinski definition) is 2. The lowest BCUT2D eigenvalue weighted by Gasteiger charge is -2.09. The lowest BCUT2D eigenvalue weighted by molar-refractivity contribution is -0.145. The van der Waals surface area contributed by atoms with Gasteiger partial charge in [0.1, 0.15) is 6.61 Å². The Morgan fingerprint density at radius 1 is 0.486 bits per heavy atom. The first-order valence-corrected chi connectivity index (χ1v) is 14.6. The summed E-state index contributed by atoms with van der Waals surface area (Å²) in [6, 6.07) is 0. The van der Waals surface area contributed by atoms with E-state index in [9.17, 15) is 26.7 Å². The molecule has 0 amide bonds. The summed E-state index contributed by atoms with van der Waals surface area (Å²) in [4.78, 5) is 11.7. The Hall–Kier alpha value is -1.66. The van der Waals surface area contributed by atoms with Gasteiger partial charge in [-0.2, -0.15) is 0 Å². The first-order chi connectivity index (χ1) is 17.9. The quantitative estimate of drug-likeness (QED) is 0.0459. The molecule has 0 saturated carbocycles. The van der Waals surface area contributed by atoms with Crippen LogP contribution in [0.3, 0.4) is 0 Å². The number of carbonyl (C=O) groups is 1. The molecule has 0 fully saturated rings. The molecule has 1 aromatic carbocycles. The minimum atomic E-state index is -2.23. The van der Waals surface area contributed by atoms with Crippen molar-refractivity contribution in [1.82, 2.24) is 0 Å². The van der Waals surface area contributed by atoms with Gasteiger partial charge in [0.15, 0.2) is 23.3 Å². The van der Waals surface area contributed by atoms with E-state index in [2.05, 4.69) is 6.92 Å². The topological polar surface area (TPSA) is 26.3 Å². The molecule has 0 aliphatic rings. The zero-order valence-corrected chi connectivity index (χ0v) is 22.8. The van der Waals surface area contributed by atoms with Crippen LogP contribution in [0, 0.1) is 29.1 Å². The van der Waals surface area contributed by atoms with E-state index in [1.165, 1.54) is 103 Å². The van der Waals surface area contributed by atoms with Crippen molar-refractivity contribution < 1.29 is 31.5 Å². The van der Waals surface area contributed by atoms with Gasteiger partial charge in [-0.05, 0) is 6.42 Å². The summed E-state index contributed by atoms with van der Waals surface area (Å²) in [5.41, 5.74) is -1.13. The molecular formula is C30H47F5O2. The van der Waals surface area contributed by atoms with E-state index >= 15 is 0 Å². The molecule has 214 valence electrons. The minimum Gasteiger partial charge on any atom is -0.461 e. The molecule has 1 aromatic rings. The lowest BCUT2D eigenvalue weighted by atomic mass is 10.0. The maximum Gasteiger partial charge on any atom is 0.306 e. The van der Waals surface area contributed by atoms with Crippen LogP contribution in [0.4, 0.5) is 22.0 Å². The molecule has 0 saturated heterocycles. The fourth-order valence-electron chi connectivity index (χ4n) is 4.53. The summed E-state index contributed by atoms with van der Waals surface area (Å²) in [5.74, 6) is -11.0. The molecule has 0 N–H and O–H groups in total. The number of hydrogen-bond donors (Lipinski definition) is 0. The molecule has 0 bridgehead atoms. The number of esters is 1. The summed E-state index contributed by atoms with van der Waals surface area (Å²) in [6.07, 6.45) is 25.0. The van der Waals surface area contributed by atoms with Crippen molar-refractivity contribution in [3.63, 3.8) is 0 Å².